The summed E-state index contributed by atoms with van der Waals surface area (Å²) in [5, 5.41) is 1.44. The molecule has 0 bridgehead atoms. The Morgan fingerprint density at radius 1 is 0.500 bits per heavy atom. The average molecular weight is 1080 g/mol. The topological polar surface area (TPSA) is 6.48 Å². The zero-order valence-corrected chi connectivity index (χ0v) is 52.0. The van der Waals surface area contributed by atoms with Crippen LogP contribution < -0.4 is 25.5 Å². The Morgan fingerprint density at radius 3 is 1.76 bits per heavy atom. The van der Waals surface area contributed by atoms with Crippen LogP contribution in [-0.2, 0) is 21.7 Å². The summed E-state index contributed by atoms with van der Waals surface area (Å²) in [6.07, 6.45) is 19.3. The minimum absolute atomic E-state index is 0.0514. The van der Waals surface area contributed by atoms with Crippen LogP contribution >= 0.6 is 11.3 Å². The van der Waals surface area contributed by atoms with Crippen LogP contribution in [0, 0.1) is 22.7 Å². The average Bonchev–Trinajstić information content (AvgIpc) is 4.01. The second-order valence-electron chi connectivity index (χ2n) is 31.5. The first kappa shape index (κ1) is 53.0. The van der Waals surface area contributed by atoms with Gasteiger partial charge in [-0.25, -0.2) is 0 Å². The maximum absolute atomic E-state index is 2.84. The molecule has 7 aliphatic rings. The van der Waals surface area contributed by atoms with Crippen LogP contribution in [0.3, 0.4) is 0 Å². The first-order valence-electron chi connectivity index (χ1n) is 31.9. The molecule has 14 rings (SSSR count). The van der Waals surface area contributed by atoms with Gasteiger partial charge >= 0.3 is 0 Å². The molecule has 2 nitrogen and oxygen atoms in total. The summed E-state index contributed by atoms with van der Waals surface area (Å²) in [5.41, 5.74) is 25.4. The van der Waals surface area contributed by atoms with Gasteiger partial charge in [0, 0.05) is 48.7 Å². The summed E-state index contributed by atoms with van der Waals surface area (Å²) in [6, 6.07) is 46.0. The summed E-state index contributed by atoms with van der Waals surface area (Å²) >= 11 is 2.12. The maximum atomic E-state index is 2.84. The molecule has 2 unspecified atom stereocenters. The SMILES string of the molecule is CC(C)(C)c1cc2c3c(c1)N(c1ccc4c(c1)C1(CCCCC1)c1ccccc1-4)c1c(sc4cc5c(cc14)C(C)(C)CCC5(C)C)B3c1cc(C3CCCCC3)ccc1N2c1ccc(C2CC(C(C)(C)C)CC(C(C)(C)C)C2)cc1. The standard InChI is InChI=1S/C76H91BN2S/c1-71(2,3)51-38-50(39-52(41-51)72(4,5)6)48-26-29-54(30-27-48)78-64-33-28-49(47-22-16-14-17-23-47)40-63(64)77-68-65(78)42-53(73(7,8)9)43-66(68)79(69-58-45-61-62(46-67(58)80-70(69)77)75(12,13)37-36-74(61,10)11)55-31-32-57-56-24-18-19-25-59(56)76(60(57)44-55)34-20-15-21-35-76/h18-19,24-33,40,42-47,50-52H,14-17,20-23,34-39,41H2,1-13H3. The highest BCUT2D eigenvalue weighted by Crippen LogP contribution is 2.59. The lowest BCUT2D eigenvalue weighted by Gasteiger charge is -2.46. The van der Waals surface area contributed by atoms with E-state index in [0.29, 0.717) is 34.5 Å². The van der Waals surface area contributed by atoms with Gasteiger partial charge in [-0.3, -0.25) is 0 Å². The first-order valence-corrected chi connectivity index (χ1v) is 32.7. The summed E-state index contributed by atoms with van der Waals surface area (Å²) in [4.78, 5) is 5.57. The minimum Gasteiger partial charge on any atom is -0.311 e. The molecular formula is C76H91BN2S. The minimum atomic E-state index is -0.0983. The molecule has 1 aromatic heterocycles. The van der Waals surface area contributed by atoms with Gasteiger partial charge in [-0.2, -0.15) is 0 Å². The van der Waals surface area contributed by atoms with Crippen molar-refractivity contribution in [2.24, 2.45) is 22.7 Å². The number of thiophene rings is 1. The van der Waals surface area contributed by atoms with Crippen LogP contribution in [0.4, 0.5) is 34.1 Å². The van der Waals surface area contributed by atoms with Gasteiger partial charge in [-0.05, 0) is 224 Å². The predicted molar refractivity (Wildman–Crippen MR) is 347 cm³/mol. The van der Waals surface area contributed by atoms with Crippen molar-refractivity contribution < 1.29 is 0 Å². The zero-order valence-electron chi connectivity index (χ0n) is 51.2. The fourth-order valence-electron chi connectivity index (χ4n) is 17.4. The third-order valence-corrected chi connectivity index (χ3v) is 23.8. The molecule has 1 spiro atoms. The van der Waals surface area contributed by atoms with Crippen LogP contribution in [0.1, 0.15) is 237 Å². The van der Waals surface area contributed by atoms with Gasteiger partial charge in [-0.1, -0.05) is 183 Å². The zero-order chi connectivity index (χ0) is 55.6. The van der Waals surface area contributed by atoms with E-state index in [9.17, 15) is 0 Å². The number of rotatable bonds is 4. The third-order valence-electron chi connectivity index (χ3n) is 22.6. The second kappa shape index (κ2) is 18.5. The number of hydrogen-bond donors (Lipinski definition) is 0. The Hall–Kier alpha value is -5.06. The highest BCUT2D eigenvalue weighted by molar-refractivity contribution is 7.33. The Kier molecular flexibility index (Phi) is 12.2. The van der Waals surface area contributed by atoms with Crippen molar-refractivity contribution in [1.29, 1.82) is 0 Å². The Morgan fingerprint density at radius 2 is 1.10 bits per heavy atom. The van der Waals surface area contributed by atoms with Crippen molar-refractivity contribution >= 4 is 78.0 Å². The molecule has 414 valence electrons. The molecule has 0 amide bonds. The first-order chi connectivity index (χ1) is 38.0. The number of nitrogens with zero attached hydrogens (tertiary/aromatic N) is 2. The van der Waals surface area contributed by atoms with E-state index in [1.54, 1.807) is 27.8 Å². The van der Waals surface area contributed by atoms with Crippen LogP contribution in [0.25, 0.3) is 21.2 Å². The lowest BCUT2D eigenvalue weighted by atomic mass is 9.36. The molecule has 7 aromatic rings. The molecule has 6 aromatic carbocycles. The molecule has 80 heavy (non-hydrogen) atoms. The molecule has 3 saturated carbocycles. The van der Waals surface area contributed by atoms with Gasteiger partial charge < -0.3 is 9.80 Å². The normalized spacial score (nSPS) is 22.9. The van der Waals surface area contributed by atoms with Crippen LogP contribution in [0.5, 0.6) is 0 Å². The van der Waals surface area contributed by atoms with E-state index in [4.69, 9.17) is 0 Å². The number of fused-ring (bicyclic) bond motifs is 12. The molecule has 0 radical (unpaired) electrons. The van der Waals surface area contributed by atoms with Crippen molar-refractivity contribution in [3.8, 4) is 11.1 Å². The van der Waals surface area contributed by atoms with E-state index in [2.05, 4.69) is 220 Å². The van der Waals surface area contributed by atoms with E-state index in [1.165, 1.54) is 178 Å². The third kappa shape index (κ3) is 8.33. The quantitative estimate of drug-likeness (QED) is 0.162. The van der Waals surface area contributed by atoms with E-state index < -0.39 is 0 Å². The van der Waals surface area contributed by atoms with E-state index in [1.807, 2.05) is 0 Å². The number of benzene rings is 6. The van der Waals surface area contributed by atoms with Crippen molar-refractivity contribution in [2.45, 2.75) is 220 Å². The molecule has 4 heteroatoms. The smallest absolute Gasteiger partial charge is 0.264 e. The van der Waals surface area contributed by atoms with Crippen molar-refractivity contribution in [3.05, 3.63) is 148 Å². The Balaban J connectivity index is 1.03. The summed E-state index contributed by atoms with van der Waals surface area (Å²) in [5.74, 6) is 2.59. The lowest BCUT2D eigenvalue weighted by molar-refractivity contribution is 0.0702. The lowest BCUT2D eigenvalue weighted by Crippen LogP contribution is -2.60. The molecule has 0 saturated heterocycles. The van der Waals surface area contributed by atoms with E-state index in [0.717, 1.165) is 0 Å². The molecule has 5 aliphatic carbocycles. The summed E-state index contributed by atoms with van der Waals surface area (Å²) < 4.78 is 2.96. The van der Waals surface area contributed by atoms with Gasteiger partial charge in [0.15, 0.2) is 0 Å². The van der Waals surface area contributed by atoms with E-state index >= 15 is 0 Å². The Bertz CT molecular complexity index is 3570. The van der Waals surface area contributed by atoms with Gasteiger partial charge in [0.25, 0.3) is 6.71 Å². The fourth-order valence-corrected chi connectivity index (χ4v) is 18.8. The summed E-state index contributed by atoms with van der Waals surface area (Å²) in [7, 11) is 0. The van der Waals surface area contributed by atoms with Gasteiger partial charge in [0.05, 0.1) is 5.69 Å². The molecule has 2 atom stereocenters. The van der Waals surface area contributed by atoms with Crippen molar-refractivity contribution in [3.63, 3.8) is 0 Å². The monoisotopic (exact) mass is 1070 g/mol. The fraction of sp³-hybridized carbons (Fsp3) is 0.500. The van der Waals surface area contributed by atoms with Crippen LogP contribution in [0.2, 0.25) is 0 Å². The molecule has 3 heterocycles. The predicted octanol–water partition coefficient (Wildman–Crippen LogP) is 20.5. The maximum Gasteiger partial charge on any atom is 0.264 e. The highest BCUT2D eigenvalue weighted by Gasteiger charge is 2.50. The summed E-state index contributed by atoms with van der Waals surface area (Å²) in [6.45, 7) is 32.4. The molecule has 0 N–H and O–H groups in total. The van der Waals surface area contributed by atoms with Crippen LogP contribution in [-0.4, -0.2) is 6.71 Å². The molecule has 3 fully saturated rings. The second-order valence-corrected chi connectivity index (χ2v) is 32.5. The molecular weight excluding hydrogens is 984 g/mol. The van der Waals surface area contributed by atoms with E-state index in [-0.39, 0.29) is 28.4 Å². The highest BCUT2D eigenvalue weighted by atomic mass is 32.1. The van der Waals surface area contributed by atoms with Crippen molar-refractivity contribution in [2.75, 3.05) is 9.80 Å². The van der Waals surface area contributed by atoms with Crippen molar-refractivity contribution in [1.82, 2.24) is 0 Å². The number of hydrogen-bond acceptors (Lipinski definition) is 3. The van der Waals surface area contributed by atoms with Crippen LogP contribution in [0.15, 0.2) is 109 Å². The number of anilines is 6. The van der Waals surface area contributed by atoms with Gasteiger partial charge in [0.1, 0.15) is 0 Å². The molecule has 2 aliphatic heterocycles. The largest absolute Gasteiger partial charge is 0.311 e. The van der Waals surface area contributed by atoms with Gasteiger partial charge in [-0.15, -0.1) is 11.3 Å². The van der Waals surface area contributed by atoms with Gasteiger partial charge in [0.2, 0.25) is 0 Å². The Labute approximate surface area is 486 Å².